The number of carbonyl (C=O) groups is 5. The van der Waals surface area contributed by atoms with Gasteiger partial charge in [0, 0.05) is 18.6 Å². The van der Waals surface area contributed by atoms with Gasteiger partial charge in [-0.3, -0.25) is 34.4 Å². The smallest absolute Gasteiger partial charge is 0.326 e. The number of carboxylic acid groups (broad SMARTS) is 3. The van der Waals surface area contributed by atoms with Crippen molar-refractivity contribution < 1.29 is 49.7 Å². The topological polar surface area (TPSA) is 240 Å². The number of nitrogens with one attached hydrogen (secondary N) is 2. The summed E-state index contributed by atoms with van der Waals surface area (Å²) in [6.45, 7) is -0.567. The zero-order chi connectivity index (χ0) is 26.3. The van der Waals surface area contributed by atoms with Gasteiger partial charge in [-0.15, -0.1) is 0 Å². The number of carboxylic acids is 3. The first-order valence-electron chi connectivity index (χ1n) is 9.70. The summed E-state index contributed by atoms with van der Waals surface area (Å²) in [5.74, 6) is -4.98. The molecule has 0 radical (unpaired) electrons. The minimum atomic E-state index is -1.34. The fraction of sp³-hybridized carbons (Fsp3) is 0.421. The van der Waals surface area contributed by atoms with Gasteiger partial charge in [-0.25, -0.2) is 0 Å². The zero-order valence-electron chi connectivity index (χ0n) is 17.9. The molecule has 0 aliphatic rings. The van der Waals surface area contributed by atoms with Crippen molar-refractivity contribution in [1.82, 2.24) is 15.9 Å². The van der Waals surface area contributed by atoms with E-state index in [1.807, 2.05) is 0 Å². The normalized spacial score (nSPS) is 13.0. The molecule has 3 atom stereocenters. The molecule has 0 saturated heterocycles. The Bertz CT molecular complexity index is 825. The molecule has 0 aromatic heterocycles. The molecule has 0 saturated carbocycles. The first-order valence-corrected chi connectivity index (χ1v) is 10.3. The summed E-state index contributed by atoms with van der Waals surface area (Å²) in [4.78, 5) is 54.3. The van der Waals surface area contributed by atoms with Crippen LogP contribution in [0.4, 0.5) is 0 Å². The quantitative estimate of drug-likeness (QED) is 0.111. The van der Waals surface area contributed by atoms with Crippen molar-refractivity contribution in [3.63, 3.8) is 0 Å². The van der Waals surface area contributed by atoms with Gasteiger partial charge in [0.25, 0.3) is 0 Å². The number of nitrogens with two attached hydrogens (primary N) is 1. The van der Waals surface area contributed by atoms with Gasteiger partial charge in [0.05, 0.1) is 0 Å². The molecule has 1 rings (SSSR count). The van der Waals surface area contributed by atoms with Crippen LogP contribution in [0.2, 0.25) is 0 Å². The Hall–Kier alpha value is -3.24. The van der Waals surface area contributed by atoms with Gasteiger partial charge in [0.1, 0.15) is 18.6 Å². The van der Waals surface area contributed by atoms with Crippen molar-refractivity contribution in [3.8, 4) is 0 Å². The highest BCUT2D eigenvalue weighted by atomic mass is 32.1. The summed E-state index contributed by atoms with van der Waals surface area (Å²) in [7, 11) is 0. The van der Waals surface area contributed by atoms with Crippen molar-refractivity contribution in [2.75, 3.05) is 12.3 Å². The predicted octanol–water partition coefficient (Wildman–Crippen LogP) is -1.44. The molecule has 1 aromatic rings. The third-order valence-electron chi connectivity index (χ3n) is 4.08. The summed E-state index contributed by atoms with van der Waals surface area (Å²) in [6.07, 6.45) is -0.190. The fourth-order valence-corrected chi connectivity index (χ4v) is 2.52. The minimum Gasteiger partial charge on any atom is -0.480 e. The van der Waals surface area contributed by atoms with E-state index in [0.717, 1.165) is 5.56 Å². The molecule has 0 bridgehead atoms. The maximum absolute atomic E-state index is 11.5. The molecule has 0 spiro atoms. The van der Waals surface area contributed by atoms with Crippen LogP contribution in [0.15, 0.2) is 30.3 Å². The van der Waals surface area contributed by atoms with Crippen LogP contribution < -0.4 is 16.4 Å². The number of benzene rings is 1. The van der Waals surface area contributed by atoms with Crippen LogP contribution in [0.25, 0.3) is 0 Å². The van der Waals surface area contributed by atoms with Crippen LogP contribution in [0.5, 0.6) is 0 Å². The van der Waals surface area contributed by atoms with Crippen LogP contribution in [-0.4, -0.2) is 91.1 Å². The SMILES string of the molecule is NC(CCC(=O)NC(CS)C(=O)NCC(=O)O)C(=O)O.O=C(O)C(Cc1ccccc1)N(O)O. The highest BCUT2D eigenvalue weighted by molar-refractivity contribution is 7.80. The van der Waals surface area contributed by atoms with Gasteiger partial charge in [-0.2, -0.15) is 12.6 Å². The van der Waals surface area contributed by atoms with Crippen molar-refractivity contribution in [2.24, 2.45) is 5.73 Å². The Labute approximate surface area is 199 Å². The van der Waals surface area contributed by atoms with Gasteiger partial charge in [-0.1, -0.05) is 35.6 Å². The standard InChI is InChI=1S/C10H17N3O6S.C9H11NO4/c11-5(10(18)19)1-2-7(14)13-6(4-20)9(17)12-3-8(15)16;11-9(12)8(10(13)14)6-7-4-2-1-3-5-7/h5-6,20H,1-4,11H2,(H,12,17)(H,13,14)(H,15,16)(H,18,19);1-5,8,13-14H,6H2,(H,11,12). The molecule has 190 valence electrons. The maximum Gasteiger partial charge on any atom is 0.326 e. The monoisotopic (exact) mass is 504 g/mol. The summed E-state index contributed by atoms with van der Waals surface area (Å²) in [6, 6.07) is 5.27. The minimum absolute atomic E-state index is 0.0256. The predicted molar refractivity (Wildman–Crippen MR) is 118 cm³/mol. The molecule has 1 aromatic carbocycles. The maximum atomic E-state index is 11.5. The van der Waals surface area contributed by atoms with E-state index in [1.165, 1.54) is 0 Å². The fourth-order valence-electron chi connectivity index (χ4n) is 2.26. The third-order valence-corrected chi connectivity index (χ3v) is 4.45. The Kier molecular flexibility index (Phi) is 14.8. The third kappa shape index (κ3) is 13.3. The number of hydroxylamine groups is 2. The van der Waals surface area contributed by atoms with Crippen LogP contribution in [0, 0.1) is 0 Å². The molecule has 9 N–H and O–H groups in total. The van der Waals surface area contributed by atoms with Gasteiger partial charge in [0.15, 0.2) is 6.04 Å². The molecule has 0 fully saturated rings. The van der Waals surface area contributed by atoms with Gasteiger partial charge >= 0.3 is 17.9 Å². The lowest BCUT2D eigenvalue weighted by Gasteiger charge is -2.16. The second-order valence-corrected chi connectivity index (χ2v) is 7.13. The van der Waals surface area contributed by atoms with Gasteiger partial charge in [0.2, 0.25) is 11.8 Å². The average molecular weight is 505 g/mol. The highest BCUT2D eigenvalue weighted by Crippen LogP contribution is 2.06. The number of carbonyl (C=O) groups excluding carboxylic acids is 2. The Morgan fingerprint density at radius 3 is 2.03 bits per heavy atom. The lowest BCUT2D eigenvalue weighted by atomic mass is 10.1. The lowest BCUT2D eigenvalue weighted by Crippen LogP contribution is -2.49. The van der Waals surface area contributed by atoms with E-state index < -0.39 is 54.4 Å². The number of rotatable bonds is 13. The first-order chi connectivity index (χ1) is 15.9. The Balaban J connectivity index is 0.000000679. The van der Waals surface area contributed by atoms with Crippen LogP contribution in [0.1, 0.15) is 18.4 Å². The molecule has 15 heteroatoms. The van der Waals surface area contributed by atoms with Gasteiger partial charge < -0.3 is 31.7 Å². The van der Waals surface area contributed by atoms with E-state index in [9.17, 15) is 24.0 Å². The zero-order valence-corrected chi connectivity index (χ0v) is 18.8. The van der Waals surface area contributed by atoms with Crippen molar-refractivity contribution in [2.45, 2.75) is 37.4 Å². The van der Waals surface area contributed by atoms with E-state index in [2.05, 4.69) is 23.3 Å². The summed E-state index contributed by atoms with van der Waals surface area (Å²) in [5, 5.41) is 47.0. The molecule has 34 heavy (non-hydrogen) atoms. The second-order valence-electron chi connectivity index (χ2n) is 6.76. The highest BCUT2D eigenvalue weighted by Gasteiger charge is 2.23. The molecular weight excluding hydrogens is 476 g/mol. The molecule has 2 amide bonds. The number of thiol groups is 1. The number of nitrogens with zero attached hydrogens (tertiary/aromatic N) is 1. The summed E-state index contributed by atoms with van der Waals surface area (Å²) < 4.78 is 0. The number of hydrogen-bond acceptors (Lipinski definition) is 10. The van der Waals surface area contributed by atoms with Crippen molar-refractivity contribution in [1.29, 1.82) is 0 Å². The van der Waals surface area contributed by atoms with E-state index >= 15 is 0 Å². The summed E-state index contributed by atoms with van der Waals surface area (Å²) in [5.41, 5.74) is 5.96. The molecule has 3 unspecified atom stereocenters. The van der Waals surface area contributed by atoms with Crippen LogP contribution in [0.3, 0.4) is 0 Å². The van der Waals surface area contributed by atoms with Gasteiger partial charge in [-0.05, 0) is 12.0 Å². The Morgan fingerprint density at radius 1 is 1.00 bits per heavy atom. The van der Waals surface area contributed by atoms with E-state index in [-0.39, 0.29) is 30.2 Å². The molecule has 14 nitrogen and oxygen atoms in total. The largest absolute Gasteiger partial charge is 0.480 e. The molecule has 0 heterocycles. The number of hydrogen-bond donors (Lipinski definition) is 9. The van der Waals surface area contributed by atoms with Crippen LogP contribution in [-0.2, 0) is 30.4 Å². The number of amides is 2. The van der Waals surface area contributed by atoms with Crippen molar-refractivity contribution in [3.05, 3.63) is 35.9 Å². The van der Waals surface area contributed by atoms with E-state index in [4.69, 9.17) is 31.5 Å². The Morgan fingerprint density at radius 2 is 1.59 bits per heavy atom. The van der Waals surface area contributed by atoms with Crippen molar-refractivity contribution >= 4 is 42.4 Å². The number of aliphatic carboxylic acids is 3. The first kappa shape index (κ1) is 30.8. The molecular formula is C19H28N4O10S. The second kappa shape index (κ2) is 16.4. The molecule has 0 aliphatic heterocycles. The van der Waals surface area contributed by atoms with Crippen LogP contribution >= 0.6 is 12.6 Å². The average Bonchev–Trinajstić information content (AvgIpc) is 2.78. The summed E-state index contributed by atoms with van der Waals surface area (Å²) >= 11 is 3.87. The molecule has 0 aliphatic carbocycles. The van der Waals surface area contributed by atoms with E-state index in [0.29, 0.717) is 0 Å². The van der Waals surface area contributed by atoms with E-state index in [1.54, 1.807) is 30.3 Å². The lowest BCUT2D eigenvalue weighted by molar-refractivity contribution is -0.327.